The maximum atomic E-state index is 13.4. The largest absolute Gasteiger partial charge is 0.497 e. The maximum absolute atomic E-state index is 13.4. The first kappa shape index (κ1) is 28.7. The van der Waals surface area contributed by atoms with Crippen molar-refractivity contribution < 1.29 is 35.9 Å². The van der Waals surface area contributed by atoms with Gasteiger partial charge in [-0.15, -0.1) is 6.58 Å². The second-order valence-electron chi connectivity index (χ2n) is 10.4. The van der Waals surface area contributed by atoms with Crippen LogP contribution in [0.3, 0.4) is 0 Å². The Hall–Kier alpha value is -3.80. The summed E-state index contributed by atoms with van der Waals surface area (Å²) in [6.07, 6.45) is -4.87. The van der Waals surface area contributed by atoms with E-state index in [2.05, 4.69) is 27.1 Å². The Kier molecular flexibility index (Phi) is 7.62. The highest BCUT2D eigenvalue weighted by Gasteiger charge is 2.43. The molecule has 5 atom stereocenters. The fourth-order valence-electron chi connectivity index (χ4n) is 5.99. The number of rotatable bonds is 6. The molecule has 0 spiro atoms. The molecule has 2 bridgehead atoms. The van der Waals surface area contributed by atoms with Gasteiger partial charge in [-0.1, -0.05) is 6.08 Å². The molecule has 3 aliphatic rings. The van der Waals surface area contributed by atoms with E-state index in [4.69, 9.17) is 4.74 Å². The van der Waals surface area contributed by atoms with Gasteiger partial charge < -0.3 is 15.4 Å². The molecular weight excluding hydrogens is 550 g/mol. The van der Waals surface area contributed by atoms with E-state index in [9.17, 15) is 31.1 Å². The molecule has 2 N–H and O–H groups in total. The number of alkyl halides is 6. The van der Waals surface area contributed by atoms with Crippen molar-refractivity contribution in [3.05, 3.63) is 78.0 Å². The summed E-state index contributed by atoms with van der Waals surface area (Å²) >= 11 is 0. The van der Waals surface area contributed by atoms with E-state index in [1.54, 1.807) is 30.5 Å². The first-order valence-corrected chi connectivity index (χ1v) is 13.0. The fourth-order valence-corrected chi connectivity index (χ4v) is 5.99. The number of nitrogens with one attached hydrogen (secondary N) is 2. The molecule has 6 nitrogen and oxygen atoms in total. The van der Waals surface area contributed by atoms with Crippen LogP contribution >= 0.6 is 0 Å². The molecule has 1 aromatic heterocycles. The second-order valence-corrected chi connectivity index (χ2v) is 10.4. The molecule has 218 valence electrons. The molecule has 3 saturated heterocycles. The van der Waals surface area contributed by atoms with Gasteiger partial charge in [0, 0.05) is 29.9 Å². The maximum Gasteiger partial charge on any atom is 0.416 e. The number of fused-ring (bicyclic) bond motifs is 4. The number of pyridine rings is 1. The summed E-state index contributed by atoms with van der Waals surface area (Å²) < 4.78 is 85.7. The van der Waals surface area contributed by atoms with Gasteiger partial charge in [0.05, 0.1) is 29.8 Å². The third kappa shape index (κ3) is 5.97. The Morgan fingerprint density at radius 2 is 1.80 bits per heavy atom. The van der Waals surface area contributed by atoms with Crippen molar-refractivity contribution in [2.24, 2.45) is 11.8 Å². The van der Waals surface area contributed by atoms with Crippen LogP contribution in [-0.2, 0) is 12.4 Å². The van der Waals surface area contributed by atoms with Crippen molar-refractivity contribution in [1.82, 2.24) is 15.2 Å². The molecule has 0 saturated carbocycles. The summed E-state index contributed by atoms with van der Waals surface area (Å²) in [5, 5.41) is 5.79. The van der Waals surface area contributed by atoms with Crippen molar-refractivity contribution in [2.45, 2.75) is 37.3 Å². The van der Waals surface area contributed by atoms with E-state index >= 15 is 0 Å². The number of urea groups is 1. The average Bonchev–Trinajstić information content (AvgIpc) is 2.94. The van der Waals surface area contributed by atoms with Gasteiger partial charge in [-0.05, 0) is 79.3 Å². The summed E-state index contributed by atoms with van der Waals surface area (Å²) in [5.74, 6) is 1.18. The Morgan fingerprint density at radius 1 is 1.10 bits per heavy atom. The Morgan fingerprint density at radius 3 is 2.39 bits per heavy atom. The number of piperidine rings is 3. The third-order valence-corrected chi connectivity index (χ3v) is 7.99. The first-order valence-electron chi connectivity index (χ1n) is 13.0. The van der Waals surface area contributed by atoms with E-state index in [-0.39, 0.29) is 18.0 Å². The SMILES string of the molecule is C=C[C@H]1CN2CC[C@H]1C[C@@H]2[C@H](NC(=O)Nc1cc(C(F)(F)F)cc(C(F)(F)F)c1)c1ccnc2ccc(OC)cc12. The molecule has 6 rings (SSSR count). The molecular formula is C29H28F6N4O2. The van der Waals surface area contributed by atoms with E-state index < -0.39 is 41.2 Å². The summed E-state index contributed by atoms with van der Waals surface area (Å²) in [7, 11) is 1.52. The van der Waals surface area contributed by atoms with Crippen molar-refractivity contribution in [3.63, 3.8) is 0 Å². The number of amides is 2. The Bertz CT molecular complexity index is 1430. The highest BCUT2D eigenvalue weighted by Crippen LogP contribution is 2.43. The number of carbonyl (C=O) groups is 1. The molecule has 41 heavy (non-hydrogen) atoms. The van der Waals surface area contributed by atoms with Crippen LogP contribution in [0.1, 0.15) is 35.6 Å². The predicted octanol–water partition coefficient (Wildman–Crippen LogP) is 7.04. The highest BCUT2D eigenvalue weighted by molar-refractivity contribution is 5.91. The molecule has 12 heteroatoms. The molecule has 1 unspecified atom stereocenters. The van der Waals surface area contributed by atoms with Crippen LogP contribution < -0.4 is 15.4 Å². The molecule has 0 aliphatic carbocycles. The lowest BCUT2D eigenvalue weighted by Crippen LogP contribution is -2.57. The lowest BCUT2D eigenvalue weighted by Gasteiger charge is -2.51. The molecule has 0 radical (unpaired) electrons. The minimum atomic E-state index is -5.04. The van der Waals surface area contributed by atoms with E-state index in [0.29, 0.717) is 40.3 Å². The van der Waals surface area contributed by atoms with E-state index in [1.165, 1.54) is 7.11 Å². The van der Waals surface area contributed by atoms with Gasteiger partial charge >= 0.3 is 18.4 Å². The fraction of sp³-hybridized carbons (Fsp3) is 0.379. The highest BCUT2D eigenvalue weighted by atomic mass is 19.4. The number of ether oxygens (including phenoxy) is 1. The summed E-state index contributed by atoms with van der Waals surface area (Å²) in [5.41, 5.74) is -2.31. The number of hydrogen-bond donors (Lipinski definition) is 2. The summed E-state index contributed by atoms with van der Waals surface area (Å²) in [6, 6.07) is 6.28. The number of hydrogen-bond acceptors (Lipinski definition) is 4. The number of anilines is 1. The monoisotopic (exact) mass is 578 g/mol. The van der Waals surface area contributed by atoms with Gasteiger partial charge in [0.15, 0.2) is 0 Å². The van der Waals surface area contributed by atoms with Crippen molar-refractivity contribution in [2.75, 3.05) is 25.5 Å². The molecule has 2 aromatic carbocycles. The lowest BCUT2D eigenvalue weighted by atomic mass is 9.73. The predicted molar refractivity (Wildman–Crippen MR) is 141 cm³/mol. The van der Waals surface area contributed by atoms with Crippen LogP contribution in [0.4, 0.5) is 36.8 Å². The van der Waals surface area contributed by atoms with Crippen LogP contribution in [0.2, 0.25) is 0 Å². The van der Waals surface area contributed by atoms with E-state index in [1.807, 2.05) is 6.08 Å². The molecule has 2 amide bonds. The van der Waals surface area contributed by atoms with Gasteiger partial charge in [-0.25, -0.2) is 4.79 Å². The zero-order chi connectivity index (χ0) is 29.5. The number of carbonyl (C=O) groups excluding carboxylic acids is 1. The van der Waals surface area contributed by atoms with Crippen molar-refractivity contribution >= 4 is 22.6 Å². The minimum Gasteiger partial charge on any atom is -0.497 e. The standard InChI is InChI=1S/C29H28F6N4O2/c1-3-16-15-39-9-7-17(16)10-25(39)26(22-6-8-36-24-5-4-21(41-2)14-23(22)24)38-27(40)37-20-12-18(28(30,31)32)11-19(13-20)29(33,34)35/h3-6,8,11-14,16-17,25-26H,1,7,9-10,15H2,2H3,(H2,37,38,40)/t16-,17-,25+,26+/m0/s1. The van der Waals surface area contributed by atoms with Crippen LogP contribution in [0.5, 0.6) is 5.75 Å². The number of halogens is 6. The van der Waals surface area contributed by atoms with Gasteiger partial charge in [0.2, 0.25) is 0 Å². The Labute approximate surface area is 232 Å². The topological polar surface area (TPSA) is 66.5 Å². The average molecular weight is 579 g/mol. The quantitative estimate of drug-likeness (QED) is 0.243. The lowest BCUT2D eigenvalue weighted by molar-refractivity contribution is -0.143. The van der Waals surface area contributed by atoms with Gasteiger partial charge in [0.1, 0.15) is 5.75 Å². The Balaban J connectivity index is 1.51. The van der Waals surface area contributed by atoms with Crippen molar-refractivity contribution in [3.8, 4) is 5.75 Å². The number of methoxy groups -OCH3 is 1. The number of aromatic nitrogens is 1. The van der Waals surface area contributed by atoms with Gasteiger partial charge in [-0.3, -0.25) is 9.88 Å². The van der Waals surface area contributed by atoms with Crippen LogP contribution in [0, 0.1) is 11.8 Å². The second kappa shape index (κ2) is 10.9. The zero-order valence-corrected chi connectivity index (χ0v) is 22.0. The summed E-state index contributed by atoms with van der Waals surface area (Å²) in [6.45, 7) is 5.46. The number of benzene rings is 2. The first-order chi connectivity index (χ1) is 19.4. The molecule has 3 fully saturated rings. The van der Waals surface area contributed by atoms with Gasteiger partial charge in [-0.2, -0.15) is 26.3 Å². The molecule has 3 aliphatic heterocycles. The third-order valence-electron chi connectivity index (χ3n) is 7.99. The zero-order valence-electron chi connectivity index (χ0n) is 22.0. The summed E-state index contributed by atoms with van der Waals surface area (Å²) in [4.78, 5) is 19.9. The van der Waals surface area contributed by atoms with Gasteiger partial charge in [0.25, 0.3) is 0 Å². The normalized spacial score (nSPS) is 23.2. The van der Waals surface area contributed by atoms with Crippen molar-refractivity contribution in [1.29, 1.82) is 0 Å². The van der Waals surface area contributed by atoms with Crippen LogP contribution in [0.25, 0.3) is 10.9 Å². The smallest absolute Gasteiger partial charge is 0.416 e. The van der Waals surface area contributed by atoms with E-state index in [0.717, 1.165) is 25.9 Å². The number of nitrogens with zero attached hydrogens (tertiary/aromatic N) is 2. The minimum absolute atomic E-state index is 0.0183. The van der Waals surface area contributed by atoms with Crippen LogP contribution in [-0.4, -0.2) is 42.2 Å². The molecule has 4 heterocycles. The molecule has 3 aromatic rings. The van der Waals surface area contributed by atoms with Crippen LogP contribution in [0.15, 0.2) is 61.3 Å².